The molecule has 0 aliphatic heterocycles. The standard InChI is InChI=1S/C20H35N3OS.HI/c1-3-21-20(23-15-8-10-18-25-2)22-14-7-9-16-24-17-13-19-11-5-4-6-12-19;/h4-6,11-12H,3,7-10,13-18H2,1-2H3,(H2,21,22,23);1H. The van der Waals surface area contributed by atoms with Crippen LogP contribution in [0.3, 0.4) is 0 Å². The smallest absolute Gasteiger partial charge is 0.191 e. The van der Waals surface area contributed by atoms with Crippen LogP contribution in [0, 0.1) is 0 Å². The third-order valence-corrected chi connectivity index (χ3v) is 4.45. The van der Waals surface area contributed by atoms with Crippen LogP contribution in [0.4, 0.5) is 0 Å². The molecule has 0 aromatic heterocycles. The molecule has 0 saturated carbocycles. The molecule has 26 heavy (non-hydrogen) atoms. The molecular formula is C20H36IN3OS. The van der Waals surface area contributed by atoms with Gasteiger partial charge in [-0.25, -0.2) is 0 Å². The van der Waals surface area contributed by atoms with E-state index in [-0.39, 0.29) is 24.0 Å². The zero-order chi connectivity index (χ0) is 18.0. The van der Waals surface area contributed by atoms with Gasteiger partial charge in [-0.05, 0) is 56.6 Å². The average molecular weight is 493 g/mol. The summed E-state index contributed by atoms with van der Waals surface area (Å²) in [6.45, 7) is 6.47. The van der Waals surface area contributed by atoms with Crippen molar-refractivity contribution in [3.8, 4) is 0 Å². The van der Waals surface area contributed by atoms with E-state index in [0.717, 1.165) is 58.1 Å². The molecule has 0 spiro atoms. The summed E-state index contributed by atoms with van der Waals surface area (Å²) in [7, 11) is 0. The fraction of sp³-hybridized carbons (Fsp3) is 0.650. The van der Waals surface area contributed by atoms with Crippen LogP contribution in [-0.2, 0) is 11.2 Å². The Morgan fingerprint density at radius 3 is 2.58 bits per heavy atom. The SMILES string of the molecule is CCNC(=NCCCCOCCc1ccccc1)NCCCCSC.I. The number of aliphatic imine (C=N–C) groups is 1. The van der Waals surface area contributed by atoms with Crippen molar-refractivity contribution in [1.82, 2.24) is 10.6 Å². The third kappa shape index (κ3) is 14.7. The predicted octanol–water partition coefficient (Wildman–Crippen LogP) is 4.34. The Hall–Kier alpha value is -0.470. The van der Waals surface area contributed by atoms with Gasteiger partial charge in [-0.1, -0.05) is 30.3 Å². The second kappa shape index (κ2) is 19.3. The quantitative estimate of drug-likeness (QED) is 0.175. The molecule has 0 aliphatic rings. The average Bonchev–Trinajstić information content (AvgIpc) is 2.64. The maximum Gasteiger partial charge on any atom is 0.191 e. The van der Waals surface area contributed by atoms with Crippen molar-refractivity contribution in [2.45, 2.75) is 39.0 Å². The van der Waals surface area contributed by atoms with Gasteiger partial charge in [-0.2, -0.15) is 11.8 Å². The molecule has 1 aromatic rings. The molecule has 4 nitrogen and oxygen atoms in total. The van der Waals surface area contributed by atoms with Crippen molar-refractivity contribution >= 4 is 41.7 Å². The summed E-state index contributed by atoms with van der Waals surface area (Å²) in [5, 5.41) is 6.71. The van der Waals surface area contributed by atoms with Crippen LogP contribution >= 0.6 is 35.7 Å². The lowest BCUT2D eigenvalue weighted by molar-refractivity contribution is 0.134. The molecule has 2 N–H and O–H groups in total. The topological polar surface area (TPSA) is 45.7 Å². The molecule has 0 amide bonds. The molecule has 1 rings (SSSR count). The summed E-state index contributed by atoms with van der Waals surface area (Å²) >= 11 is 1.91. The Morgan fingerprint density at radius 2 is 1.85 bits per heavy atom. The van der Waals surface area contributed by atoms with Crippen molar-refractivity contribution in [1.29, 1.82) is 0 Å². The van der Waals surface area contributed by atoms with Gasteiger partial charge in [0.2, 0.25) is 0 Å². The van der Waals surface area contributed by atoms with E-state index in [1.165, 1.54) is 24.2 Å². The van der Waals surface area contributed by atoms with Crippen LogP contribution in [0.25, 0.3) is 0 Å². The highest BCUT2D eigenvalue weighted by Crippen LogP contribution is 2.00. The first-order valence-electron chi connectivity index (χ1n) is 9.49. The van der Waals surface area contributed by atoms with Gasteiger partial charge in [-0.3, -0.25) is 4.99 Å². The van der Waals surface area contributed by atoms with Crippen molar-refractivity contribution < 1.29 is 4.74 Å². The highest BCUT2D eigenvalue weighted by Gasteiger charge is 1.97. The molecule has 0 atom stereocenters. The number of nitrogens with zero attached hydrogens (tertiary/aromatic N) is 1. The van der Waals surface area contributed by atoms with Crippen molar-refractivity contribution in [2.75, 3.05) is 44.9 Å². The Morgan fingerprint density at radius 1 is 1.04 bits per heavy atom. The van der Waals surface area contributed by atoms with E-state index in [0.29, 0.717) is 0 Å². The Balaban J connectivity index is 0.00000625. The highest BCUT2D eigenvalue weighted by molar-refractivity contribution is 14.0. The van der Waals surface area contributed by atoms with Crippen LogP contribution < -0.4 is 10.6 Å². The number of thioether (sulfide) groups is 1. The van der Waals surface area contributed by atoms with Gasteiger partial charge in [0.15, 0.2) is 5.96 Å². The Labute approximate surface area is 181 Å². The lowest BCUT2D eigenvalue weighted by atomic mass is 10.2. The molecular weight excluding hydrogens is 457 g/mol. The number of benzene rings is 1. The molecule has 6 heteroatoms. The first kappa shape index (κ1) is 25.5. The van der Waals surface area contributed by atoms with Gasteiger partial charge in [0.25, 0.3) is 0 Å². The van der Waals surface area contributed by atoms with E-state index >= 15 is 0 Å². The molecule has 0 saturated heterocycles. The lowest BCUT2D eigenvalue weighted by Gasteiger charge is -2.11. The summed E-state index contributed by atoms with van der Waals surface area (Å²) in [5.74, 6) is 2.18. The molecule has 0 heterocycles. The van der Waals surface area contributed by atoms with E-state index in [4.69, 9.17) is 4.74 Å². The van der Waals surface area contributed by atoms with Gasteiger partial charge in [0.1, 0.15) is 0 Å². The van der Waals surface area contributed by atoms with E-state index < -0.39 is 0 Å². The van der Waals surface area contributed by atoms with Crippen LogP contribution in [0.5, 0.6) is 0 Å². The van der Waals surface area contributed by atoms with E-state index in [9.17, 15) is 0 Å². The zero-order valence-electron chi connectivity index (χ0n) is 16.3. The molecule has 0 bridgehead atoms. The number of halogens is 1. The largest absolute Gasteiger partial charge is 0.381 e. The van der Waals surface area contributed by atoms with Crippen molar-refractivity contribution in [3.05, 3.63) is 35.9 Å². The second-order valence-electron chi connectivity index (χ2n) is 5.94. The summed E-state index contributed by atoms with van der Waals surface area (Å²) in [6.07, 6.45) is 7.72. The fourth-order valence-electron chi connectivity index (χ4n) is 2.36. The Bertz CT molecular complexity index is 446. The predicted molar refractivity (Wildman–Crippen MR) is 127 cm³/mol. The Kier molecular flexibility index (Phi) is 18.9. The minimum absolute atomic E-state index is 0. The monoisotopic (exact) mass is 493 g/mol. The normalized spacial score (nSPS) is 11.1. The summed E-state index contributed by atoms with van der Waals surface area (Å²) in [5.41, 5.74) is 1.34. The van der Waals surface area contributed by atoms with Gasteiger partial charge in [0, 0.05) is 26.2 Å². The van der Waals surface area contributed by atoms with Crippen LogP contribution in [0.15, 0.2) is 35.3 Å². The molecule has 0 aliphatic carbocycles. The first-order valence-corrected chi connectivity index (χ1v) is 10.9. The summed E-state index contributed by atoms with van der Waals surface area (Å²) in [4.78, 5) is 4.63. The van der Waals surface area contributed by atoms with Gasteiger partial charge in [-0.15, -0.1) is 24.0 Å². The number of unbranched alkanes of at least 4 members (excludes halogenated alkanes) is 2. The van der Waals surface area contributed by atoms with Crippen LogP contribution in [0.1, 0.15) is 38.2 Å². The number of rotatable bonds is 14. The first-order chi connectivity index (χ1) is 12.4. The number of ether oxygens (including phenoxy) is 1. The van der Waals surface area contributed by atoms with Crippen molar-refractivity contribution in [3.63, 3.8) is 0 Å². The van der Waals surface area contributed by atoms with Crippen LogP contribution in [-0.4, -0.2) is 50.8 Å². The maximum atomic E-state index is 5.71. The minimum Gasteiger partial charge on any atom is -0.381 e. The van der Waals surface area contributed by atoms with Gasteiger partial charge in [0.05, 0.1) is 6.61 Å². The zero-order valence-corrected chi connectivity index (χ0v) is 19.5. The van der Waals surface area contributed by atoms with E-state index in [1.54, 1.807) is 0 Å². The van der Waals surface area contributed by atoms with Gasteiger partial charge < -0.3 is 15.4 Å². The van der Waals surface area contributed by atoms with E-state index in [1.807, 2.05) is 17.8 Å². The van der Waals surface area contributed by atoms with Gasteiger partial charge >= 0.3 is 0 Å². The van der Waals surface area contributed by atoms with E-state index in [2.05, 4.69) is 53.1 Å². The molecule has 1 aromatic carbocycles. The summed E-state index contributed by atoms with van der Waals surface area (Å²) < 4.78 is 5.71. The molecule has 0 unspecified atom stereocenters. The maximum absolute atomic E-state index is 5.71. The van der Waals surface area contributed by atoms with Crippen LogP contribution in [0.2, 0.25) is 0 Å². The van der Waals surface area contributed by atoms with Crippen molar-refractivity contribution in [2.24, 2.45) is 4.99 Å². The number of hydrogen-bond donors (Lipinski definition) is 2. The summed E-state index contributed by atoms with van der Waals surface area (Å²) in [6, 6.07) is 10.5. The minimum atomic E-state index is 0. The number of nitrogens with one attached hydrogen (secondary N) is 2. The molecule has 0 fully saturated rings. The second-order valence-corrected chi connectivity index (χ2v) is 6.93. The molecule has 150 valence electrons. The third-order valence-electron chi connectivity index (χ3n) is 3.76. The highest BCUT2D eigenvalue weighted by atomic mass is 127. The lowest BCUT2D eigenvalue weighted by Crippen LogP contribution is -2.37. The number of hydrogen-bond acceptors (Lipinski definition) is 3. The number of guanidine groups is 1. The molecule has 0 radical (unpaired) electrons. The fourth-order valence-corrected chi connectivity index (χ4v) is 2.86.